The fourth-order valence-corrected chi connectivity index (χ4v) is 1.50. The van der Waals surface area contributed by atoms with Crippen LogP contribution in [0.4, 0.5) is 4.39 Å². The normalized spacial score (nSPS) is 10.5. The van der Waals surface area contributed by atoms with Gasteiger partial charge in [0.1, 0.15) is 5.82 Å². The molecule has 0 unspecified atom stereocenters. The first-order valence-corrected chi connectivity index (χ1v) is 4.48. The second-order valence-electron chi connectivity index (χ2n) is 2.58. The minimum atomic E-state index is -0.490. The van der Waals surface area contributed by atoms with Crippen molar-refractivity contribution >= 4 is 23.2 Å². The third-order valence-corrected chi connectivity index (χ3v) is 2.53. The predicted octanol–water partition coefficient (Wildman–Crippen LogP) is 3.79. The first kappa shape index (κ1) is 9.49. The van der Waals surface area contributed by atoms with Crippen molar-refractivity contribution in [3.8, 4) is 11.3 Å². The average molecular weight is 232 g/mol. The Bertz CT molecular complexity index is 456. The molecular weight excluding hydrogens is 228 g/mol. The Labute approximate surface area is 89.3 Å². The van der Waals surface area contributed by atoms with E-state index < -0.39 is 5.82 Å². The first-order chi connectivity index (χ1) is 6.70. The van der Waals surface area contributed by atoms with Crippen LogP contribution in [0.15, 0.2) is 29.1 Å². The van der Waals surface area contributed by atoms with E-state index in [1.54, 1.807) is 0 Å². The fraction of sp³-hybridized carbons (Fsp3) is 0. The Morgan fingerprint density at radius 3 is 2.71 bits per heavy atom. The van der Waals surface area contributed by atoms with E-state index in [0.717, 1.165) is 0 Å². The largest absolute Gasteiger partial charge is 0.443 e. The first-order valence-electron chi connectivity index (χ1n) is 3.72. The molecule has 0 aliphatic heterocycles. The van der Waals surface area contributed by atoms with Crippen molar-refractivity contribution in [3.05, 3.63) is 40.6 Å². The van der Waals surface area contributed by atoms with E-state index >= 15 is 0 Å². The molecule has 1 aromatic heterocycles. The molecule has 2 aromatic rings. The quantitative estimate of drug-likeness (QED) is 0.699. The van der Waals surface area contributed by atoms with Crippen LogP contribution in [0.25, 0.3) is 11.3 Å². The number of nitrogens with zero attached hydrogens (tertiary/aromatic N) is 1. The molecule has 72 valence electrons. The minimum Gasteiger partial charge on any atom is -0.443 e. The van der Waals surface area contributed by atoms with Gasteiger partial charge in [-0.05, 0) is 12.1 Å². The van der Waals surface area contributed by atoms with E-state index in [1.165, 1.54) is 24.7 Å². The molecule has 2 rings (SSSR count). The Hall–Kier alpha value is -1.06. The van der Waals surface area contributed by atoms with Crippen molar-refractivity contribution in [1.82, 2.24) is 4.98 Å². The van der Waals surface area contributed by atoms with Gasteiger partial charge in [-0.25, -0.2) is 9.37 Å². The molecule has 0 spiro atoms. The van der Waals surface area contributed by atoms with Crippen LogP contribution in [0.2, 0.25) is 10.0 Å². The van der Waals surface area contributed by atoms with Crippen LogP contribution in [0.5, 0.6) is 0 Å². The fourth-order valence-electron chi connectivity index (χ4n) is 1.09. The molecule has 0 fully saturated rings. The number of benzene rings is 1. The summed E-state index contributed by atoms with van der Waals surface area (Å²) in [6.45, 7) is 0. The second-order valence-corrected chi connectivity index (χ2v) is 3.37. The molecule has 0 saturated carbocycles. The number of rotatable bonds is 1. The average Bonchev–Trinajstić information content (AvgIpc) is 2.65. The van der Waals surface area contributed by atoms with E-state index in [1.807, 2.05) is 0 Å². The van der Waals surface area contributed by atoms with Crippen molar-refractivity contribution in [2.24, 2.45) is 0 Å². The summed E-state index contributed by atoms with van der Waals surface area (Å²) in [5, 5.41) is 0.405. The van der Waals surface area contributed by atoms with Crippen LogP contribution >= 0.6 is 23.2 Å². The molecule has 0 bridgehead atoms. The monoisotopic (exact) mass is 231 g/mol. The topological polar surface area (TPSA) is 26.0 Å². The van der Waals surface area contributed by atoms with Crippen LogP contribution in [0.1, 0.15) is 0 Å². The van der Waals surface area contributed by atoms with Crippen LogP contribution < -0.4 is 0 Å². The van der Waals surface area contributed by atoms with E-state index in [4.69, 9.17) is 27.6 Å². The Morgan fingerprint density at radius 2 is 2.07 bits per heavy atom. The van der Waals surface area contributed by atoms with Gasteiger partial charge < -0.3 is 4.42 Å². The molecule has 0 atom stereocenters. The summed E-state index contributed by atoms with van der Waals surface area (Å²) < 4.78 is 18.3. The zero-order valence-electron chi connectivity index (χ0n) is 6.80. The molecule has 14 heavy (non-hydrogen) atoms. The maximum absolute atomic E-state index is 13.4. The Morgan fingerprint density at radius 1 is 1.29 bits per heavy atom. The van der Waals surface area contributed by atoms with Crippen molar-refractivity contribution < 1.29 is 8.81 Å². The standard InChI is InChI=1S/C9H4Cl2FNO/c10-5-1-2-6(12)8(9(5)11)7-3-13-4-14-7/h1-4H. The number of aromatic nitrogens is 1. The highest BCUT2D eigenvalue weighted by Gasteiger charge is 2.15. The molecule has 0 aliphatic rings. The predicted molar refractivity (Wildman–Crippen MR) is 51.9 cm³/mol. The van der Waals surface area contributed by atoms with Crippen LogP contribution in [-0.4, -0.2) is 4.98 Å². The zero-order chi connectivity index (χ0) is 10.1. The summed E-state index contributed by atoms with van der Waals surface area (Å²) in [5.41, 5.74) is 0.136. The third-order valence-electron chi connectivity index (χ3n) is 1.72. The van der Waals surface area contributed by atoms with Crippen molar-refractivity contribution in [2.75, 3.05) is 0 Å². The molecule has 1 heterocycles. The summed E-state index contributed by atoms with van der Waals surface area (Å²) in [6, 6.07) is 2.62. The second kappa shape index (κ2) is 3.59. The summed E-state index contributed by atoms with van der Waals surface area (Å²) in [4.78, 5) is 3.68. The van der Waals surface area contributed by atoms with Gasteiger partial charge in [0.25, 0.3) is 0 Å². The summed E-state index contributed by atoms with van der Waals surface area (Å²) in [6.07, 6.45) is 2.58. The maximum atomic E-state index is 13.4. The van der Waals surface area contributed by atoms with Crippen molar-refractivity contribution in [2.45, 2.75) is 0 Å². The molecule has 0 radical (unpaired) electrons. The summed E-state index contributed by atoms with van der Waals surface area (Å²) >= 11 is 11.6. The van der Waals surface area contributed by atoms with Gasteiger partial charge in [0.2, 0.25) is 0 Å². The molecule has 0 amide bonds. The van der Waals surface area contributed by atoms with Gasteiger partial charge in [0, 0.05) is 0 Å². The smallest absolute Gasteiger partial charge is 0.181 e. The minimum absolute atomic E-state index is 0.128. The zero-order valence-corrected chi connectivity index (χ0v) is 8.31. The van der Waals surface area contributed by atoms with E-state index in [-0.39, 0.29) is 21.4 Å². The van der Waals surface area contributed by atoms with Gasteiger partial charge in [0.05, 0.1) is 21.8 Å². The van der Waals surface area contributed by atoms with Gasteiger partial charge in [-0.15, -0.1) is 0 Å². The van der Waals surface area contributed by atoms with Crippen molar-refractivity contribution in [1.29, 1.82) is 0 Å². The van der Waals surface area contributed by atoms with Crippen molar-refractivity contribution in [3.63, 3.8) is 0 Å². The van der Waals surface area contributed by atoms with Gasteiger partial charge in [-0.1, -0.05) is 23.2 Å². The van der Waals surface area contributed by atoms with E-state index in [2.05, 4.69) is 4.98 Å². The van der Waals surface area contributed by atoms with Crippen LogP contribution in [0.3, 0.4) is 0 Å². The molecule has 1 aromatic carbocycles. The number of halogens is 3. The van der Waals surface area contributed by atoms with E-state index in [9.17, 15) is 4.39 Å². The lowest BCUT2D eigenvalue weighted by Gasteiger charge is -2.03. The molecular formula is C9H4Cl2FNO. The molecule has 0 N–H and O–H groups in total. The summed E-state index contributed by atoms with van der Waals surface area (Å²) in [5.74, 6) is -0.230. The van der Waals surface area contributed by atoms with Gasteiger partial charge in [-0.2, -0.15) is 0 Å². The molecule has 0 aliphatic carbocycles. The number of hydrogen-bond donors (Lipinski definition) is 0. The maximum Gasteiger partial charge on any atom is 0.181 e. The molecule has 5 heteroatoms. The van der Waals surface area contributed by atoms with Crippen LogP contribution in [-0.2, 0) is 0 Å². The van der Waals surface area contributed by atoms with E-state index in [0.29, 0.717) is 0 Å². The van der Waals surface area contributed by atoms with Gasteiger partial charge in [0.15, 0.2) is 12.2 Å². The number of hydrogen-bond acceptors (Lipinski definition) is 2. The van der Waals surface area contributed by atoms with Gasteiger partial charge >= 0.3 is 0 Å². The van der Waals surface area contributed by atoms with Crippen LogP contribution in [0, 0.1) is 5.82 Å². The van der Waals surface area contributed by atoms with Gasteiger partial charge in [-0.3, -0.25) is 0 Å². The lowest BCUT2D eigenvalue weighted by Crippen LogP contribution is -1.84. The SMILES string of the molecule is Fc1ccc(Cl)c(Cl)c1-c1cnco1. The number of oxazole rings is 1. The molecule has 2 nitrogen and oxygen atoms in total. The summed E-state index contributed by atoms with van der Waals surface area (Å²) in [7, 11) is 0. The molecule has 0 saturated heterocycles. The Kier molecular flexibility index (Phi) is 2.44. The lowest BCUT2D eigenvalue weighted by atomic mass is 10.2. The lowest BCUT2D eigenvalue weighted by molar-refractivity contribution is 0.561. The highest BCUT2D eigenvalue weighted by Crippen LogP contribution is 2.35. The highest BCUT2D eigenvalue weighted by atomic mass is 35.5. The third kappa shape index (κ3) is 1.49. The highest BCUT2D eigenvalue weighted by molar-refractivity contribution is 6.43. The Balaban J connectivity index is 2.69.